The Morgan fingerprint density at radius 1 is 1.33 bits per heavy atom. The number of hydrogen-bond acceptors (Lipinski definition) is 4. The van der Waals surface area contributed by atoms with Crippen LogP contribution >= 0.6 is 27.5 Å². The molecule has 15 heavy (non-hydrogen) atoms. The molecule has 0 aliphatic rings. The van der Waals surface area contributed by atoms with Crippen molar-refractivity contribution >= 4 is 27.5 Å². The van der Waals surface area contributed by atoms with Crippen LogP contribution in [0.4, 0.5) is 0 Å². The molecule has 0 aromatic carbocycles. The predicted octanol–water partition coefficient (Wildman–Crippen LogP) is 2.84. The van der Waals surface area contributed by atoms with Gasteiger partial charge in [0.05, 0.1) is 17.0 Å². The Morgan fingerprint density at radius 2 is 2.07 bits per heavy atom. The van der Waals surface area contributed by atoms with E-state index in [0.29, 0.717) is 11.0 Å². The third kappa shape index (κ3) is 1.96. The highest BCUT2D eigenvalue weighted by Gasteiger charge is 2.22. The molecule has 2 rings (SSSR count). The summed E-state index contributed by atoms with van der Waals surface area (Å²) in [5.41, 5.74) is 3.35. The van der Waals surface area contributed by atoms with E-state index >= 15 is 0 Å². The molecule has 2 aromatic rings. The quantitative estimate of drug-likeness (QED) is 0.674. The Bertz CT molecular complexity index is 414. The Balaban J connectivity index is 2.41. The molecule has 4 nitrogen and oxygen atoms in total. The zero-order valence-corrected chi connectivity index (χ0v) is 9.88. The van der Waals surface area contributed by atoms with Crippen molar-refractivity contribution in [1.82, 2.24) is 5.43 Å². The molecule has 6 heteroatoms. The van der Waals surface area contributed by atoms with Crippen LogP contribution < -0.4 is 11.3 Å². The van der Waals surface area contributed by atoms with Crippen molar-refractivity contribution in [1.29, 1.82) is 0 Å². The van der Waals surface area contributed by atoms with E-state index in [0.717, 1.165) is 10.0 Å². The lowest BCUT2D eigenvalue weighted by atomic mass is 10.1. The number of nitrogens with two attached hydrogens (primary N) is 1. The molecule has 0 spiro atoms. The fraction of sp³-hybridized carbons (Fsp3) is 0.111. The fourth-order valence-electron chi connectivity index (χ4n) is 1.33. The Kier molecular flexibility index (Phi) is 3.16. The first-order valence-corrected chi connectivity index (χ1v) is 5.33. The van der Waals surface area contributed by atoms with Gasteiger partial charge in [-0.2, -0.15) is 0 Å². The van der Waals surface area contributed by atoms with Gasteiger partial charge < -0.3 is 8.83 Å². The first kappa shape index (κ1) is 10.8. The zero-order valence-electron chi connectivity index (χ0n) is 7.54. The molecular formula is C9H8BrClN2O2. The highest BCUT2D eigenvalue weighted by Crippen LogP contribution is 2.33. The van der Waals surface area contributed by atoms with Gasteiger partial charge in [0.25, 0.3) is 0 Å². The van der Waals surface area contributed by atoms with E-state index in [9.17, 15) is 0 Å². The van der Waals surface area contributed by atoms with E-state index < -0.39 is 0 Å². The van der Waals surface area contributed by atoms with Crippen LogP contribution in [0.1, 0.15) is 17.4 Å². The molecule has 1 atom stereocenters. The highest BCUT2D eigenvalue weighted by atomic mass is 79.9. The van der Waals surface area contributed by atoms with Gasteiger partial charge in [0.15, 0.2) is 5.22 Å². The maximum absolute atomic E-state index is 5.86. The molecule has 0 bridgehead atoms. The van der Waals surface area contributed by atoms with Crippen LogP contribution in [-0.2, 0) is 0 Å². The molecule has 2 aromatic heterocycles. The van der Waals surface area contributed by atoms with Crippen LogP contribution in [0.5, 0.6) is 0 Å². The Hall–Kier alpha value is -0.750. The second-order valence-corrected chi connectivity index (χ2v) is 4.08. The van der Waals surface area contributed by atoms with E-state index in [1.165, 1.54) is 6.26 Å². The number of hydrogen-bond donors (Lipinski definition) is 2. The lowest BCUT2D eigenvalue weighted by Crippen LogP contribution is -2.28. The molecule has 0 saturated heterocycles. The average molecular weight is 292 g/mol. The summed E-state index contributed by atoms with van der Waals surface area (Å²) in [6.07, 6.45) is 3.07. The molecule has 0 aliphatic carbocycles. The van der Waals surface area contributed by atoms with Crippen molar-refractivity contribution in [3.05, 3.63) is 45.7 Å². The third-order valence-electron chi connectivity index (χ3n) is 2.03. The summed E-state index contributed by atoms with van der Waals surface area (Å²) in [5, 5.41) is 0.293. The van der Waals surface area contributed by atoms with E-state index in [-0.39, 0.29) is 6.04 Å². The first-order chi connectivity index (χ1) is 7.24. The van der Waals surface area contributed by atoms with Crippen molar-refractivity contribution in [2.24, 2.45) is 5.84 Å². The van der Waals surface area contributed by atoms with Crippen molar-refractivity contribution in [2.75, 3.05) is 0 Å². The second-order valence-electron chi connectivity index (χ2n) is 2.88. The molecule has 0 saturated carbocycles. The van der Waals surface area contributed by atoms with Gasteiger partial charge in [-0.05, 0) is 39.7 Å². The fourth-order valence-corrected chi connectivity index (χ4v) is 1.98. The van der Waals surface area contributed by atoms with E-state index in [1.807, 2.05) is 0 Å². The largest absolute Gasteiger partial charge is 0.466 e. The van der Waals surface area contributed by atoms with Gasteiger partial charge in [-0.3, -0.25) is 5.84 Å². The molecule has 0 aliphatic heterocycles. The van der Waals surface area contributed by atoms with Crippen LogP contribution in [0.3, 0.4) is 0 Å². The number of nitrogens with one attached hydrogen (secondary N) is 1. The summed E-state index contributed by atoms with van der Waals surface area (Å²) < 4.78 is 11.1. The van der Waals surface area contributed by atoms with Crippen molar-refractivity contribution in [3.63, 3.8) is 0 Å². The number of halogens is 2. The standard InChI is InChI=1S/C9H8BrClN2O2/c10-6-2-4-14-8(6)7(13-12)5-1-3-15-9(5)11/h1-4,7,13H,12H2. The minimum absolute atomic E-state index is 0.293. The maximum Gasteiger partial charge on any atom is 0.198 e. The SMILES string of the molecule is NNC(c1ccoc1Cl)c1occc1Br. The Morgan fingerprint density at radius 3 is 2.53 bits per heavy atom. The van der Waals surface area contributed by atoms with Crippen LogP contribution in [0.15, 0.2) is 38.0 Å². The summed E-state index contributed by atoms with van der Waals surface area (Å²) in [7, 11) is 0. The molecule has 0 fully saturated rings. The van der Waals surface area contributed by atoms with Gasteiger partial charge in [0, 0.05) is 5.56 Å². The minimum Gasteiger partial charge on any atom is -0.466 e. The lowest BCUT2D eigenvalue weighted by molar-refractivity contribution is 0.446. The van der Waals surface area contributed by atoms with Crippen molar-refractivity contribution in [2.45, 2.75) is 6.04 Å². The van der Waals surface area contributed by atoms with Crippen LogP contribution in [0.25, 0.3) is 0 Å². The van der Waals surface area contributed by atoms with Crippen LogP contribution in [0, 0.1) is 0 Å². The first-order valence-electron chi connectivity index (χ1n) is 4.16. The number of rotatable bonds is 3. The van der Waals surface area contributed by atoms with E-state index in [4.69, 9.17) is 26.3 Å². The van der Waals surface area contributed by atoms with E-state index in [2.05, 4.69) is 21.4 Å². The smallest absolute Gasteiger partial charge is 0.198 e. The molecule has 0 radical (unpaired) electrons. The summed E-state index contributed by atoms with van der Waals surface area (Å²) in [4.78, 5) is 0. The molecule has 80 valence electrons. The average Bonchev–Trinajstić information content (AvgIpc) is 2.80. The molecule has 3 N–H and O–H groups in total. The van der Waals surface area contributed by atoms with Gasteiger partial charge >= 0.3 is 0 Å². The van der Waals surface area contributed by atoms with Gasteiger partial charge in [-0.1, -0.05) is 0 Å². The Labute approximate surface area is 99.5 Å². The van der Waals surface area contributed by atoms with Gasteiger partial charge in [-0.15, -0.1) is 0 Å². The monoisotopic (exact) mass is 290 g/mol. The normalized spacial score (nSPS) is 13.0. The summed E-state index contributed by atoms with van der Waals surface area (Å²) in [5.74, 6) is 6.12. The van der Waals surface area contributed by atoms with E-state index in [1.54, 1.807) is 18.4 Å². The minimum atomic E-state index is -0.333. The summed E-state index contributed by atoms with van der Waals surface area (Å²) in [6.45, 7) is 0. The van der Waals surface area contributed by atoms with Gasteiger partial charge in [0.2, 0.25) is 0 Å². The maximum atomic E-state index is 5.86. The third-order valence-corrected chi connectivity index (χ3v) is 2.99. The van der Waals surface area contributed by atoms with Crippen LogP contribution in [0.2, 0.25) is 5.22 Å². The molecule has 2 heterocycles. The topological polar surface area (TPSA) is 64.3 Å². The van der Waals surface area contributed by atoms with Gasteiger partial charge in [-0.25, -0.2) is 5.43 Å². The molecular weight excluding hydrogens is 283 g/mol. The lowest BCUT2D eigenvalue weighted by Gasteiger charge is -2.12. The number of hydrazine groups is 1. The summed E-state index contributed by atoms with van der Waals surface area (Å²) in [6, 6.07) is 3.19. The van der Waals surface area contributed by atoms with Gasteiger partial charge in [0.1, 0.15) is 11.8 Å². The predicted molar refractivity (Wildman–Crippen MR) is 59.3 cm³/mol. The van der Waals surface area contributed by atoms with Crippen molar-refractivity contribution < 1.29 is 8.83 Å². The number of furan rings is 2. The summed E-state index contributed by atoms with van der Waals surface area (Å²) >= 11 is 9.22. The highest BCUT2D eigenvalue weighted by molar-refractivity contribution is 9.10. The molecule has 0 amide bonds. The van der Waals surface area contributed by atoms with Crippen LogP contribution in [-0.4, -0.2) is 0 Å². The van der Waals surface area contributed by atoms with Crippen molar-refractivity contribution in [3.8, 4) is 0 Å². The zero-order chi connectivity index (χ0) is 10.8. The molecule has 1 unspecified atom stereocenters. The second kappa shape index (κ2) is 4.40.